The first-order valence-corrected chi connectivity index (χ1v) is 6.10. The number of fused-ring (bicyclic) bond motifs is 1. The van der Waals surface area contributed by atoms with Crippen molar-refractivity contribution < 1.29 is 4.74 Å². The number of benzene rings is 1. The number of hydrogen-bond donors (Lipinski definition) is 1. The van der Waals surface area contributed by atoms with E-state index in [0.29, 0.717) is 11.1 Å². The second-order valence-corrected chi connectivity index (χ2v) is 4.76. The van der Waals surface area contributed by atoms with Gasteiger partial charge in [0.25, 0.3) is 0 Å². The Morgan fingerprint density at radius 2 is 1.94 bits per heavy atom. The van der Waals surface area contributed by atoms with Gasteiger partial charge in [-0.3, -0.25) is 0 Å². The average molecular weight is 258 g/mol. The molecule has 0 saturated heterocycles. The maximum absolute atomic E-state index is 5.68. The van der Waals surface area contributed by atoms with Crippen molar-refractivity contribution in [3.05, 3.63) is 30.6 Å². The fourth-order valence-corrected chi connectivity index (χ4v) is 2.47. The Balaban J connectivity index is 2.06. The van der Waals surface area contributed by atoms with Gasteiger partial charge >= 0.3 is 6.01 Å². The Labute approximate surface area is 107 Å². The van der Waals surface area contributed by atoms with Crippen LogP contribution in [0, 0.1) is 0 Å². The molecule has 1 aromatic carbocycles. The van der Waals surface area contributed by atoms with Crippen LogP contribution in [0.5, 0.6) is 6.01 Å². The van der Waals surface area contributed by atoms with Gasteiger partial charge in [-0.25, -0.2) is 15.0 Å². The van der Waals surface area contributed by atoms with E-state index in [0.717, 1.165) is 21.3 Å². The first-order valence-electron chi connectivity index (χ1n) is 5.29. The summed E-state index contributed by atoms with van der Waals surface area (Å²) < 4.78 is 5.99. The van der Waals surface area contributed by atoms with Crippen molar-refractivity contribution in [2.75, 3.05) is 12.8 Å². The fraction of sp³-hybridized carbons (Fsp3) is 0.0833. The molecule has 2 aromatic heterocycles. The number of nitrogens with two attached hydrogens (primary N) is 1. The van der Waals surface area contributed by atoms with Crippen LogP contribution in [-0.4, -0.2) is 22.1 Å². The minimum absolute atomic E-state index is 0.363. The molecule has 0 amide bonds. The predicted molar refractivity (Wildman–Crippen MR) is 71.6 cm³/mol. The summed E-state index contributed by atoms with van der Waals surface area (Å²) in [5, 5.41) is 0.577. The molecule has 2 N–H and O–H groups in total. The molecule has 18 heavy (non-hydrogen) atoms. The van der Waals surface area contributed by atoms with Crippen molar-refractivity contribution in [1.82, 2.24) is 15.0 Å². The molecule has 5 nitrogen and oxygen atoms in total. The van der Waals surface area contributed by atoms with E-state index in [9.17, 15) is 0 Å². The number of aromatic nitrogens is 3. The van der Waals surface area contributed by atoms with Crippen LogP contribution in [0.15, 0.2) is 30.6 Å². The van der Waals surface area contributed by atoms with Crippen LogP contribution >= 0.6 is 11.3 Å². The summed E-state index contributed by atoms with van der Waals surface area (Å²) in [5.41, 5.74) is 8.57. The first-order chi connectivity index (χ1) is 8.76. The smallest absolute Gasteiger partial charge is 0.316 e. The summed E-state index contributed by atoms with van der Waals surface area (Å²) in [7, 11) is 1.54. The number of methoxy groups -OCH3 is 1. The van der Waals surface area contributed by atoms with Crippen LogP contribution in [0.4, 0.5) is 5.13 Å². The van der Waals surface area contributed by atoms with Gasteiger partial charge < -0.3 is 10.5 Å². The van der Waals surface area contributed by atoms with Gasteiger partial charge in [-0.1, -0.05) is 17.4 Å². The number of rotatable bonds is 2. The van der Waals surface area contributed by atoms with E-state index in [1.54, 1.807) is 19.5 Å². The molecular weight excluding hydrogens is 248 g/mol. The third-order valence-corrected chi connectivity index (χ3v) is 3.40. The van der Waals surface area contributed by atoms with Gasteiger partial charge in [-0.15, -0.1) is 0 Å². The summed E-state index contributed by atoms with van der Waals surface area (Å²) in [4.78, 5) is 12.4. The monoisotopic (exact) mass is 258 g/mol. The number of thiazole rings is 1. The first kappa shape index (κ1) is 10.9. The Kier molecular flexibility index (Phi) is 2.56. The summed E-state index contributed by atoms with van der Waals surface area (Å²) in [6.07, 6.45) is 3.47. The molecule has 0 atom stereocenters. The third-order valence-electron chi connectivity index (χ3n) is 2.55. The highest BCUT2D eigenvalue weighted by Crippen LogP contribution is 2.28. The molecule has 0 aliphatic heterocycles. The second kappa shape index (κ2) is 4.23. The average Bonchev–Trinajstić information content (AvgIpc) is 2.78. The van der Waals surface area contributed by atoms with Crippen molar-refractivity contribution in [3.8, 4) is 17.1 Å². The predicted octanol–water partition coefficient (Wildman–Crippen LogP) is 2.34. The van der Waals surface area contributed by atoms with E-state index in [1.165, 1.54) is 11.3 Å². The van der Waals surface area contributed by atoms with Crippen LogP contribution in [0.25, 0.3) is 21.3 Å². The number of hydrogen-bond acceptors (Lipinski definition) is 6. The van der Waals surface area contributed by atoms with Gasteiger partial charge in [0.1, 0.15) is 0 Å². The minimum Gasteiger partial charge on any atom is -0.467 e. The van der Waals surface area contributed by atoms with Crippen LogP contribution in [0.2, 0.25) is 0 Å². The molecule has 0 fully saturated rings. The lowest BCUT2D eigenvalue weighted by atomic mass is 10.1. The quantitative estimate of drug-likeness (QED) is 0.763. The summed E-state index contributed by atoms with van der Waals surface area (Å²) in [5.74, 6) is 0. The maximum Gasteiger partial charge on any atom is 0.316 e. The van der Waals surface area contributed by atoms with E-state index in [4.69, 9.17) is 10.5 Å². The lowest BCUT2D eigenvalue weighted by molar-refractivity contribution is 0.380. The maximum atomic E-state index is 5.68. The van der Waals surface area contributed by atoms with Crippen molar-refractivity contribution in [2.24, 2.45) is 0 Å². The highest BCUT2D eigenvalue weighted by molar-refractivity contribution is 7.22. The lowest BCUT2D eigenvalue weighted by Gasteiger charge is -2.01. The number of nitrogens with zero attached hydrogens (tertiary/aromatic N) is 3. The van der Waals surface area contributed by atoms with Crippen LogP contribution in [0.3, 0.4) is 0 Å². The zero-order chi connectivity index (χ0) is 12.5. The van der Waals surface area contributed by atoms with Crippen LogP contribution in [0.1, 0.15) is 0 Å². The molecule has 0 unspecified atom stereocenters. The van der Waals surface area contributed by atoms with E-state index < -0.39 is 0 Å². The van der Waals surface area contributed by atoms with Gasteiger partial charge in [-0.2, -0.15) is 0 Å². The number of ether oxygens (including phenoxy) is 1. The van der Waals surface area contributed by atoms with Gasteiger partial charge in [0, 0.05) is 18.0 Å². The van der Waals surface area contributed by atoms with Crippen molar-refractivity contribution >= 4 is 26.7 Å². The molecule has 0 radical (unpaired) electrons. The highest BCUT2D eigenvalue weighted by Gasteiger charge is 2.05. The molecule has 3 rings (SSSR count). The van der Waals surface area contributed by atoms with E-state index in [1.807, 2.05) is 18.2 Å². The van der Waals surface area contributed by atoms with Gasteiger partial charge in [-0.05, 0) is 17.7 Å². The largest absolute Gasteiger partial charge is 0.467 e. The van der Waals surface area contributed by atoms with Gasteiger partial charge in [0.15, 0.2) is 5.13 Å². The molecule has 0 saturated carbocycles. The Hall–Kier alpha value is -2.21. The highest BCUT2D eigenvalue weighted by atomic mass is 32.1. The van der Waals surface area contributed by atoms with Crippen LogP contribution < -0.4 is 10.5 Å². The molecule has 2 heterocycles. The molecular formula is C12H10N4OS. The summed E-state index contributed by atoms with van der Waals surface area (Å²) in [6, 6.07) is 6.32. The van der Waals surface area contributed by atoms with Crippen molar-refractivity contribution in [1.29, 1.82) is 0 Å². The fourth-order valence-electron chi connectivity index (χ4n) is 1.69. The molecule has 0 aliphatic rings. The summed E-state index contributed by atoms with van der Waals surface area (Å²) >= 11 is 1.47. The standard InChI is InChI=1S/C12H10N4OS/c1-17-12-14-5-8(6-15-12)7-2-3-9-10(4-7)18-11(13)16-9/h2-6H,1H3,(H2,13,16). The Morgan fingerprint density at radius 1 is 1.17 bits per heavy atom. The SMILES string of the molecule is COc1ncc(-c2ccc3nc(N)sc3c2)cn1. The Bertz CT molecular complexity index is 693. The normalized spacial score (nSPS) is 10.7. The summed E-state index contributed by atoms with van der Waals surface area (Å²) in [6.45, 7) is 0. The zero-order valence-electron chi connectivity index (χ0n) is 9.62. The molecule has 0 spiro atoms. The molecule has 0 bridgehead atoms. The zero-order valence-corrected chi connectivity index (χ0v) is 10.4. The molecule has 3 aromatic rings. The van der Waals surface area contributed by atoms with E-state index >= 15 is 0 Å². The topological polar surface area (TPSA) is 73.9 Å². The number of nitrogen functional groups attached to an aromatic ring is 1. The molecule has 90 valence electrons. The van der Waals surface area contributed by atoms with Gasteiger partial charge in [0.05, 0.1) is 17.3 Å². The van der Waals surface area contributed by atoms with Gasteiger partial charge in [0.2, 0.25) is 0 Å². The second-order valence-electron chi connectivity index (χ2n) is 3.69. The number of anilines is 1. The molecule has 6 heteroatoms. The van der Waals surface area contributed by atoms with E-state index in [-0.39, 0.29) is 0 Å². The van der Waals surface area contributed by atoms with Crippen molar-refractivity contribution in [2.45, 2.75) is 0 Å². The van der Waals surface area contributed by atoms with Crippen LogP contribution in [-0.2, 0) is 0 Å². The lowest BCUT2D eigenvalue weighted by Crippen LogP contribution is -1.91. The third kappa shape index (κ3) is 1.86. The van der Waals surface area contributed by atoms with Crippen molar-refractivity contribution in [3.63, 3.8) is 0 Å². The Morgan fingerprint density at radius 3 is 2.67 bits per heavy atom. The minimum atomic E-state index is 0.363. The van der Waals surface area contributed by atoms with E-state index in [2.05, 4.69) is 15.0 Å². The molecule has 0 aliphatic carbocycles.